The van der Waals surface area contributed by atoms with Crippen molar-refractivity contribution in [3.63, 3.8) is 0 Å². The maximum absolute atomic E-state index is 11.5. The summed E-state index contributed by atoms with van der Waals surface area (Å²) in [5, 5.41) is 7.80. The van der Waals surface area contributed by atoms with Gasteiger partial charge in [0.2, 0.25) is 5.89 Å². The van der Waals surface area contributed by atoms with Gasteiger partial charge in [-0.25, -0.2) is 0 Å². The van der Waals surface area contributed by atoms with E-state index >= 15 is 0 Å². The number of nitrogens with zero attached hydrogens (tertiary/aromatic N) is 2. The van der Waals surface area contributed by atoms with Crippen molar-refractivity contribution in [3.05, 3.63) is 36.2 Å². The molecular weight excluding hydrogens is 256 g/mol. The molecule has 0 aliphatic heterocycles. The maximum atomic E-state index is 11.5. The average Bonchev–Trinajstić information content (AvgIpc) is 2.93. The van der Waals surface area contributed by atoms with Crippen LogP contribution in [0.25, 0.3) is 11.5 Å². The lowest BCUT2D eigenvalue weighted by atomic mass is 10.1. The number of carbonyl (C=O) groups excluding carboxylic acids is 1. The highest BCUT2D eigenvalue weighted by Gasteiger charge is 2.11. The Labute approximate surface area is 118 Å². The summed E-state index contributed by atoms with van der Waals surface area (Å²) in [5.74, 6) is 0.981. The Kier molecular flexibility index (Phi) is 4.87. The molecule has 1 aromatic heterocycles. The third-order valence-electron chi connectivity index (χ3n) is 2.77. The van der Waals surface area contributed by atoms with Crippen molar-refractivity contribution in [2.24, 2.45) is 5.92 Å². The third-order valence-corrected chi connectivity index (χ3v) is 2.77. The Morgan fingerprint density at radius 2 is 2.00 bits per heavy atom. The fourth-order valence-corrected chi connectivity index (χ4v) is 1.63. The Morgan fingerprint density at radius 3 is 2.70 bits per heavy atom. The SMILES string of the molecule is CC(C)CCC(=O)OCc1nnc(-c2ccccc2)o1. The van der Waals surface area contributed by atoms with Crippen LogP contribution >= 0.6 is 0 Å². The van der Waals surface area contributed by atoms with Gasteiger partial charge < -0.3 is 9.15 Å². The van der Waals surface area contributed by atoms with Crippen LogP contribution in [0.1, 0.15) is 32.6 Å². The largest absolute Gasteiger partial charge is 0.456 e. The highest BCUT2D eigenvalue weighted by molar-refractivity contribution is 5.69. The summed E-state index contributed by atoms with van der Waals surface area (Å²) in [4.78, 5) is 11.5. The zero-order chi connectivity index (χ0) is 14.4. The van der Waals surface area contributed by atoms with Gasteiger partial charge in [-0.2, -0.15) is 0 Å². The molecule has 0 amide bonds. The molecule has 5 heteroatoms. The van der Waals surface area contributed by atoms with Crippen LogP contribution < -0.4 is 0 Å². The van der Waals surface area contributed by atoms with E-state index in [9.17, 15) is 4.79 Å². The average molecular weight is 274 g/mol. The van der Waals surface area contributed by atoms with E-state index in [4.69, 9.17) is 9.15 Å². The quantitative estimate of drug-likeness (QED) is 0.757. The minimum absolute atomic E-state index is 0.0246. The number of benzene rings is 1. The molecule has 1 aromatic carbocycles. The summed E-state index contributed by atoms with van der Waals surface area (Å²) in [6, 6.07) is 9.46. The summed E-state index contributed by atoms with van der Waals surface area (Å²) < 4.78 is 10.5. The van der Waals surface area contributed by atoms with Gasteiger partial charge in [0.25, 0.3) is 5.89 Å². The number of carbonyl (C=O) groups is 1. The number of aromatic nitrogens is 2. The number of rotatable bonds is 6. The Balaban J connectivity index is 1.86. The van der Waals surface area contributed by atoms with Gasteiger partial charge in [0.05, 0.1) is 0 Å². The molecular formula is C15H18N2O3. The molecule has 0 fully saturated rings. The van der Waals surface area contributed by atoms with Crippen LogP contribution in [-0.4, -0.2) is 16.2 Å². The molecule has 5 nitrogen and oxygen atoms in total. The highest BCUT2D eigenvalue weighted by Crippen LogP contribution is 2.17. The van der Waals surface area contributed by atoms with E-state index in [0.717, 1.165) is 12.0 Å². The van der Waals surface area contributed by atoms with Crippen LogP contribution in [0.15, 0.2) is 34.7 Å². The maximum Gasteiger partial charge on any atom is 0.306 e. The van der Waals surface area contributed by atoms with Crippen molar-refractivity contribution in [1.82, 2.24) is 10.2 Å². The summed E-state index contributed by atoms with van der Waals surface area (Å²) in [6.07, 6.45) is 1.23. The van der Waals surface area contributed by atoms with Crippen LogP contribution in [0, 0.1) is 5.92 Å². The van der Waals surface area contributed by atoms with Gasteiger partial charge in [-0.15, -0.1) is 10.2 Å². The molecule has 0 bridgehead atoms. The molecule has 0 atom stereocenters. The van der Waals surface area contributed by atoms with Crippen LogP contribution in [0.2, 0.25) is 0 Å². The molecule has 0 saturated heterocycles. The van der Waals surface area contributed by atoms with Gasteiger partial charge in [-0.05, 0) is 24.5 Å². The second-order valence-corrected chi connectivity index (χ2v) is 4.96. The van der Waals surface area contributed by atoms with Crippen LogP contribution in [0.3, 0.4) is 0 Å². The molecule has 0 unspecified atom stereocenters. The first-order chi connectivity index (χ1) is 9.65. The monoisotopic (exact) mass is 274 g/mol. The number of esters is 1. The van der Waals surface area contributed by atoms with Gasteiger partial charge in [-0.3, -0.25) is 4.79 Å². The molecule has 20 heavy (non-hydrogen) atoms. The first-order valence-electron chi connectivity index (χ1n) is 6.68. The van der Waals surface area contributed by atoms with Crippen molar-refractivity contribution >= 4 is 5.97 Å². The fraction of sp³-hybridized carbons (Fsp3) is 0.400. The lowest BCUT2D eigenvalue weighted by Crippen LogP contribution is -2.06. The van der Waals surface area contributed by atoms with E-state index in [1.54, 1.807) is 0 Å². The van der Waals surface area contributed by atoms with Crippen molar-refractivity contribution in [2.45, 2.75) is 33.3 Å². The van der Waals surface area contributed by atoms with Crippen LogP contribution in [0.4, 0.5) is 0 Å². The van der Waals surface area contributed by atoms with Crippen LogP contribution in [-0.2, 0) is 16.1 Å². The normalized spacial score (nSPS) is 10.8. The minimum Gasteiger partial charge on any atom is -0.456 e. The van der Waals surface area contributed by atoms with E-state index in [0.29, 0.717) is 24.1 Å². The van der Waals surface area contributed by atoms with Gasteiger partial charge in [0.15, 0.2) is 6.61 Å². The molecule has 2 aromatic rings. The predicted molar refractivity (Wildman–Crippen MR) is 73.6 cm³/mol. The lowest BCUT2D eigenvalue weighted by Gasteiger charge is -2.03. The molecule has 0 saturated carbocycles. The van der Waals surface area contributed by atoms with Gasteiger partial charge in [0.1, 0.15) is 0 Å². The lowest BCUT2D eigenvalue weighted by molar-refractivity contribution is -0.145. The molecule has 1 heterocycles. The Morgan fingerprint density at radius 1 is 1.25 bits per heavy atom. The summed E-state index contributed by atoms with van der Waals surface area (Å²) in [6.45, 7) is 4.16. The second-order valence-electron chi connectivity index (χ2n) is 4.96. The summed E-state index contributed by atoms with van der Waals surface area (Å²) in [7, 11) is 0. The van der Waals surface area contributed by atoms with E-state index in [1.807, 2.05) is 30.3 Å². The zero-order valence-corrected chi connectivity index (χ0v) is 11.7. The number of hydrogen-bond donors (Lipinski definition) is 0. The van der Waals surface area contributed by atoms with E-state index in [-0.39, 0.29) is 12.6 Å². The Hall–Kier alpha value is -2.17. The molecule has 0 N–H and O–H groups in total. The zero-order valence-electron chi connectivity index (χ0n) is 11.7. The third kappa shape index (κ3) is 4.19. The van der Waals surface area contributed by atoms with Crippen LogP contribution in [0.5, 0.6) is 0 Å². The first kappa shape index (κ1) is 14.2. The van der Waals surface area contributed by atoms with Gasteiger partial charge in [0, 0.05) is 12.0 Å². The standard InChI is InChI=1S/C15H18N2O3/c1-11(2)8-9-14(18)19-10-13-16-17-15(20-13)12-6-4-3-5-7-12/h3-7,11H,8-10H2,1-2H3. The van der Waals surface area contributed by atoms with Crippen molar-refractivity contribution in [2.75, 3.05) is 0 Å². The molecule has 0 spiro atoms. The fourth-order valence-electron chi connectivity index (χ4n) is 1.63. The molecule has 0 aliphatic rings. The summed E-state index contributed by atoms with van der Waals surface area (Å²) >= 11 is 0. The van der Waals surface area contributed by atoms with Crippen molar-refractivity contribution in [3.8, 4) is 11.5 Å². The molecule has 106 valence electrons. The van der Waals surface area contributed by atoms with Crippen molar-refractivity contribution in [1.29, 1.82) is 0 Å². The van der Waals surface area contributed by atoms with Crippen molar-refractivity contribution < 1.29 is 13.9 Å². The predicted octanol–water partition coefficient (Wildman–Crippen LogP) is 3.22. The van der Waals surface area contributed by atoms with E-state index in [1.165, 1.54) is 0 Å². The molecule has 0 radical (unpaired) electrons. The van der Waals surface area contributed by atoms with Gasteiger partial charge in [-0.1, -0.05) is 32.0 Å². The Bertz CT molecular complexity index is 549. The first-order valence-corrected chi connectivity index (χ1v) is 6.68. The minimum atomic E-state index is -0.238. The van der Waals surface area contributed by atoms with E-state index in [2.05, 4.69) is 24.0 Å². The number of hydrogen-bond acceptors (Lipinski definition) is 5. The topological polar surface area (TPSA) is 65.2 Å². The van der Waals surface area contributed by atoms with E-state index < -0.39 is 0 Å². The molecule has 0 aliphatic carbocycles. The smallest absolute Gasteiger partial charge is 0.306 e. The second kappa shape index (κ2) is 6.84. The summed E-state index contributed by atoms with van der Waals surface area (Å²) in [5.41, 5.74) is 0.845. The highest BCUT2D eigenvalue weighted by atomic mass is 16.5. The number of ether oxygens (including phenoxy) is 1. The molecule has 2 rings (SSSR count). The van der Waals surface area contributed by atoms with Gasteiger partial charge >= 0.3 is 5.97 Å².